The largest absolute Gasteiger partial charge is 0.333 e. The summed E-state index contributed by atoms with van der Waals surface area (Å²) in [7, 11) is 0. The van der Waals surface area contributed by atoms with Crippen molar-refractivity contribution in [3.63, 3.8) is 0 Å². The van der Waals surface area contributed by atoms with Crippen molar-refractivity contribution >= 4 is 22.2 Å². The van der Waals surface area contributed by atoms with Crippen LogP contribution in [0, 0.1) is 10.1 Å². The van der Waals surface area contributed by atoms with Crippen LogP contribution in [0.15, 0.2) is 12.1 Å². The van der Waals surface area contributed by atoms with Crippen LogP contribution < -0.4 is 5.32 Å². The van der Waals surface area contributed by atoms with Crippen LogP contribution in [0.1, 0.15) is 16.6 Å². The number of piperazine rings is 1. The van der Waals surface area contributed by atoms with Gasteiger partial charge in [-0.2, -0.15) is 0 Å². The SMILES string of the molecule is CC1CNCCN1C(=O)c1ccc([N+](=O)[O-])s1. The number of nitrogens with one attached hydrogen (secondary N) is 1. The zero-order valence-corrected chi connectivity index (χ0v) is 10.2. The van der Waals surface area contributed by atoms with Gasteiger partial charge in [-0.3, -0.25) is 14.9 Å². The summed E-state index contributed by atoms with van der Waals surface area (Å²) >= 11 is 0.934. The molecule has 1 N–H and O–H groups in total. The molecule has 0 radical (unpaired) electrons. The van der Waals surface area contributed by atoms with Crippen molar-refractivity contribution in [1.29, 1.82) is 0 Å². The van der Waals surface area contributed by atoms with Gasteiger partial charge in [-0.15, -0.1) is 0 Å². The predicted octanol–water partition coefficient (Wildman–Crippen LogP) is 1.09. The molecule has 92 valence electrons. The Morgan fingerprint density at radius 1 is 1.65 bits per heavy atom. The van der Waals surface area contributed by atoms with Gasteiger partial charge in [0.25, 0.3) is 5.91 Å². The number of nitro groups is 1. The Morgan fingerprint density at radius 2 is 2.41 bits per heavy atom. The van der Waals surface area contributed by atoms with Crippen molar-refractivity contribution in [3.05, 3.63) is 27.1 Å². The highest BCUT2D eigenvalue weighted by atomic mass is 32.1. The van der Waals surface area contributed by atoms with Gasteiger partial charge in [-0.1, -0.05) is 11.3 Å². The minimum atomic E-state index is -0.470. The van der Waals surface area contributed by atoms with Crippen molar-refractivity contribution in [2.75, 3.05) is 19.6 Å². The second-order valence-electron chi connectivity index (χ2n) is 3.95. The van der Waals surface area contributed by atoms with Crippen LogP contribution in [0.3, 0.4) is 0 Å². The van der Waals surface area contributed by atoms with Crippen molar-refractivity contribution in [1.82, 2.24) is 10.2 Å². The first kappa shape index (κ1) is 12.0. The second kappa shape index (κ2) is 4.80. The van der Waals surface area contributed by atoms with Crippen molar-refractivity contribution < 1.29 is 9.72 Å². The van der Waals surface area contributed by atoms with E-state index in [4.69, 9.17) is 0 Å². The van der Waals surface area contributed by atoms with Gasteiger partial charge in [0.2, 0.25) is 0 Å². The van der Waals surface area contributed by atoms with Crippen LogP contribution in [0.25, 0.3) is 0 Å². The lowest BCUT2D eigenvalue weighted by atomic mass is 10.2. The fourth-order valence-corrected chi connectivity index (χ4v) is 2.60. The molecule has 0 saturated carbocycles. The van der Waals surface area contributed by atoms with Crippen molar-refractivity contribution in [2.24, 2.45) is 0 Å². The second-order valence-corrected chi connectivity index (χ2v) is 5.01. The number of carbonyl (C=O) groups is 1. The minimum Gasteiger partial charge on any atom is -0.333 e. The molecular weight excluding hydrogens is 242 g/mol. The molecule has 1 unspecified atom stereocenters. The fourth-order valence-electron chi connectivity index (χ4n) is 1.83. The summed E-state index contributed by atoms with van der Waals surface area (Å²) in [5.41, 5.74) is 0. The van der Waals surface area contributed by atoms with Crippen LogP contribution in [-0.2, 0) is 0 Å². The predicted molar refractivity (Wildman–Crippen MR) is 64.3 cm³/mol. The Morgan fingerprint density at radius 3 is 3.00 bits per heavy atom. The first-order valence-electron chi connectivity index (χ1n) is 5.35. The number of carbonyl (C=O) groups excluding carboxylic acids is 1. The monoisotopic (exact) mass is 255 g/mol. The molecule has 1 amide bonds. The highest BCUT2D eigenvalue weighted by molar-refractivity contribution is 7.17. The van der Waals surface area contributed by atoms with Crippen molar-refractivity contribution in [2.45, 2.75) is 13.0 Å². The molecule has 2 rings (SSSR count). The van der Waals surface area contributed by atoms with E-state index in [2.05, 4.69) is 5.32 Å². The van der Waals surface area contributed by atoms with E-state index in [1.807, 2.05) is 6.92 Å². The lowest BCUT2D eigenvalue weighted by Gasteiger charge is -2.33. The lowest BCUT2D eigenvalue weighted by Crippen LogP contribution is -2.52. The molecule has 1 atom stereocenters. The number of nitrogens with zero attached hydrogens (tertiary/aromatic N) is 2. The van der Waals surface area contributed by atoms with Gasteiger partial charge < -0.3 is 10.2 Å². The third-order valence-corrected chi connectivity index (χ3v) is 3.77. The van der Waals surface area contributed by atoms with Gasteiger partial charge >= 0.3 is 5.00 Å². The van der Waals surface area contributed by atoms with E-state index in [1.54, 1.807) is 4.90 Å². The average molecular weight is 255 g/mol. The normalized spacial score (nSPS) is 20.3. The van der Waals surface area contributed by atoms with E-state index in [1.165, 1.54) is 12.1 Å². The summed E-state index contributed by atoms with van der Waals surface area (Å²) in [5, 5.41) is 13.8. The smallest absolute Gasteiger partial charge is 0.324 e. The van der Waals surface area contributed by atoms with Gasteiger partial charge in [0.15, 0.2) is 0 Å². The molecule has 2 heterocycles. The maximum Gasteiger partial charge on any atom is 0.324 e. The van der Waals surface area contributed by atoms with Gasteiger partial charge in [-0.05, 0) is 13.0 Å². The Kier molecular flexibility index (Phi) is 3.39. The third-order valence-electron chi connectivity index (χ3n) is 2.74. The maximum atomic E-state index is 12.1. The Bertz CT molecular complexity index is 446. The molecule has 1 aromatic heterocycles. The molecule has 1 fully saturated rings. The highest BCUT2D eigenvalue weighted by Gasteiger charge is 2.26. The minimum absolute atomic E-state index is 0.0103. The van der Waals surface area contributed by atoms with E-state index in [0.29, 0.717) is 11.4 Å². The highest BCUT2D eigenvalue weighted by Crippen LogP contribution is 2.25. The summed E-state index contributed by atoms with van der Waals surface area (Å²) < 4.78 is 0. The molecule has 1 saturated heterocycles. The average Bonchev–Trinajstić information content (AvgIpc) is 2.78. The molecule has 0 aromatic carbocycles. The van der Waals surface area contributed by atoms with E-state index < -0.39 is 4.92 Å². The first-order chi connectivity index (χ1) is 8.09. The number of hydrogen-bond acceptors (Lipinski definition) is 5. The number of rotatable bonds is 2. The molecule has 6 nitrogen and oxygen atoms in total. The lowest BCUT2D eigenvalue weighted by molar-refractivity contribution is -0.380. The first-order valence-corrected chi connectivity index (χ1v) is 6.17. The Labute approximate surface area is 102 Å². The number of amides is 1. The molecule has 1 aliphatic rings. The van der Waals surface area contributed by atoms with Crippen LogP contribution in [-0.4, -0.2) is 41.4 Å². The summed E-state index contributed by atoms with van der Waals surface area (Å²) in [6.45, 7) is 4.14. The molecule has 7 heteroatoms. The molecular formula is C10H13N3O3S. The number of thiophene rings is 1. The van der Waals surface area contributed by atoms with E-state index in [-0.39, 0.29) is 17.0 Å². The fraction of sp³-hybridized carbons (Fsp3) is 0.500. The molecule has 0 bridgehead atoms. The molecule has 17 heavy (non-hydrogen) atoms. The zero-order chi connectivity index (χ0) is 12.4. The maximum absolute atomic E-state index is 12.1. The van der Waals surface area contributed by atoms with Crippen LogP contribution in [0.4, 0.5) is 5.00 Å². The van der Waals surface area contributed by atoms with Gasteiger partial charge in [0, 0.05) is 31.7 Å². The molecule has 1 aliphatic heterocycles. The summed E-state index contributed by atoms with van der Waals surface area (Å²) in [5.74, 6) is -0.114. The van der Waals surface area contributed by atoms with Crippen molar-refractivity contribution in [3.8, 4) is 0 Å². The van der Waals surface area contributed by atoms with Gasteiger partial charge in [0.1, 0.15) is 0 Å². The van der Waals surface area contributed by atoms with Crippen LogP contribution >= 0.6 is 11.3 Å². The standard InChI is InChI=1S/C10H13N3O3S/c1-7-6-11-4-5-12(7)10(14)8-2-3-9(17-8)13(15)16/h2-3,7,11H,4-6H2,1H3. The summed E-state index contributed by atoms with van der Waals surface area (Å²) in [6, 6.07) is 3.03. The molecule has 0 spiro atoms. The Hall–Kier alpha value is -1.47. The zero-order valence-electron chi connectivity index (χ0n) is 9.38. The van der Waals surface area contributed by atoms with Gasteiger partial charge in [0.05, 0.1) is 9.80 Å². The quantitative estimate of drug-likeness (QED) is 0.634. The third kappa shape index (κ3) is 2.45. The summed E-state index contributed by atoms with van der Waals surface area (Å²) in [4.78, 5) is 24.4. The number of hydrogen-bond donors (Lipinski definition) is 1. The van der Waals surface area contributed by atoms with Gasteiger partial charge in [-0.25, -0.2) is 0 Å². The van der Waals surface area contributed by atoms with Crippen LogP contribution in [0.5, 0.6) is 0 Å². The molecule has 1 aromatic rings. The topological polar surface area (TPSA) is 75.5 Å². The van der Waals surface area contributed by atoms with E-state index >= 15 is 0 Å². The van der Waals surface area contributed by atoms with E-state index in [9.17, 15) is 14.9 Å². The van der Waals surface area contributed by atoms with E-state index in [0.717, 1.165) is 24.4 Å². The molecule has 0 aliphatic carbocycles. The Balaban J connectivity index is 2.15. The summed E-state index contributed by atoms with van der Waals surface area (Å²) in [6.07, 6.45) is 0. The van der Waals surface area contributed by atoms with Crippen LogP contribution in [0.2, 0.25) is 0 Å².